The van der Waals surface area contributed by atoms with Crippen molar-refractivity contribution in [3.63, 3.8) is 0 Å². The zero-order chi connectivity index (χ0) is 14.7. The minimum Gasteiger partial charge on any atom is -0.496 e. The number of hydrogen-bond acceptors (Lipinski definition) is 3. The minimum atomic E-state index is 0.814. The lowest BCUT2D eigenvalue weighted by atomic mass is 10.0. The van der Waals surface area contributed by atoms with Gasteiger partial charge < -0.3 is 10.1 Å². The third-order valence-electron chi connectivity index (χ3n) is 3.60. The molecule has 0 aliphatic carbocycles. The quantitative estimate of drug-likeness (QED) is 0.781. The number of ether oxygens (including phenoxy) is 1. The summed E-state index contributed by atoms with van der Waals surface area (Å²) in [6.07, 6.45) is 3.91. The van der Waals surface area contributed by atoms with E-state index in [0.29, 0.717) is 0 Å². The van der Waals surface area contributed by atoms with Crippen molar-refractivity contribution in [3.05, 3.63) is 59.9 Å². The van der Waals surface area contributed by atoms with Gasteiger partial charge in [-0.25, -0.2) is 0 Å². The molecule has 0 radical (unpaired) electrons. The Kier molecular flexibility index (Phi) is 3.88. The fraction of sp³-hybridized carbons (Fsp3) is 0.235. The zero-order valence-electron chi connectivity index (χ0n) is 12.3. The normalized spacial score (nSPS) is 11.0. The third-order valence-corrected chi connectivity index (χ3v) is 3.60. The van der Waals surface area contributed by atoms with Crippen LogP contribution in [0.5, 0.6) is 5.75 Å². The van der Waals surface area contributed by atoms with Gasteiger partial charge in [-0.2, -0.15) is 5.10 Å². The van der Waals surface area contributed by atoms with Gasteiger partial charge in [-0.1, -0.05) is 30.3 Å². The fourth-order valence-electron chi connectivity index (χ4n) is 2.57. The number of rotatable bonds is 5. The average molecular weight is 281 g/mol. The van der Waals surface area contributed by atoms with Gasteiger partial charge in [0.1, 0.15) is 5.75 Å². The van der Waals surface area contributed by atoms with Crippen LogP contribution in [-0.2, 0) is 20.1 Å². The van der Waals surface area contributed by atoms with E-state index in [4.69, 9.17) is 4.74 Å². The number of aryl methyl sites for hydroxylation is 1. The molecule has 3 aromatic rings. The first-order chi connectivity index (χ1) is 10.3. The SMILES string of the molecule is COc1ccc(CNCc2cnn(C)c2)c2ccccc12. The molecule has 0 unspecified atom stereocenters. The van der Waals surface area contributed by atoms with Crippen molar-refractivity contribution in [3.8, 4) is 5.75 Å². The lowest BCUT2D eigenvalue weighted by Crippen LogP contribution is -2.12. The molecule has 0 amide bonds. The summed E-state index contributed by atoms with van der Waals surface area (Å²) < 4.78 is 7.25. The molecule has 4 heteroatoms. The Labute approximate surface area is 124 Å². The second kappa shape index (κ2) is 5.97. The fourth-order valence-corrected chi connectivity index (χ4v) is 2.57. The van der Waals surface area contributed by atoms with E-state index in [1.54, 1.807) is 7.11 Å². The van der Waals surface area contributed by atoms with Gasteiger partial charge in [0.15, 0.2) is 0 Å². The van der Waals surface area contributed by atoms with Gasteiger partial charge in [-0.3, -0.25) is 4.68 Å². The van der Waals surface area contributed by atoms with E-state index in [2.05, 4.69) is 34.7 Å². The second-order valence-corrected chi connectivity index (χ2v) is 5.10. The van der Waals surface area contributed by atoms with E-state index in [0.717, 1.165) is 24.2 Å². The third kappa shape index (κ3) is 2.90. The molecule has 21 heavy (non-hydrogen) atoms. The lowest BCUT2D eigenvalue weighted by Gasteiger charge is -2.11. The Bertz CT molecular complexity index is 749. The van der Waals surface area contributed by atoms with Gasteiger partial charge in [0, 0.05) is 37.3 Å². The number of nitrogens with one attached hydrogen (secondary N) is 1. The highest BCUT2D eigenvalue weighted by Crippen LogP contribution is 2.28. The van der Waals surface area contributed by atoms with Gasteiger partial charge in [0.25, 0.3) is 0 Å². The Hall–Kier alpha value is -2.33. The molecule has 0 saturated heterocycles. The molecular formula is C17H19N3O. The van der Waals surface area contributed by atoms with Gasteiger partial charge in [-0.15, -0.1) is 0 Å². The molecule has 2 aromatic carbocycles. The van der Waals surface area contributed by atoms with Gasteiger partial charge >= 0.3 is 0 Å². The molecule has 0 saturated carbocycles. The van der Waals surface area contributed by atoms with Crippen LogP contribution >= 0.6 is 0 Å². The van der Waals surface area contributed by atoms with Crippen molar-refractivity contribution in [2.75, 3.05) is 7.11 Å². The van der Waals surface area contributed by atoms with Crippen LogP contribution < -0.4 is 10.1 Å². The molecule has 1 aromatic heterocycles. The van der Waals surface area contributed by atoms with Crippen LogP contribution in [0, 0.1) is 0 Å². The van der Waals surface area contributed by atoms with Crippen molar-refractivity contribution in [2.24, 2.45) is 7.05 Å². The Morgan fingerprint density at radius 3 is 2.62 bits per heavy atom. The summed E-state index contributed by atoms with van der Waals surface area (Å²) in [4.78, 5) is 0. The summed E-state index contributed by atoms with van der Waals surface area (Å²) in [5.74, 6) is 0.918. The van der Waals surface area contributed by atoms with Crippen molar-refractivity contribution >= 4 is 10.8 Å². The average Bonchev–Trinajstić information content (AvgIpc) is 2.93. The monoisotopic (exact) mass is 281 g/mol. The van der Waals surface area contributed by atoms with E-state index in [9.17, 15) is 0 Å². The van der Waals surface area contributed by atoms with Crippen molar-refractivity contribution in [2.45, 2.75) is 13.1 Å². The van der Waals surface area contributed by atoms with Gasteiger partial charge in [0.05, 0.1) is 13.3 Å². The number of hydrogen-bond donors (Lipinski definition) is 1. The molecule has 0 aliphatic heterocycles. The van der Waals surface area contributed by atoms with Crippen LogP contribution in [0.3, 0.4) is 0 Å². The molecule has 0 fully saturated rings. The van der Waals surface area contributed by atoms with Crippen LogP contribution in [0.1, 0.15) is 11.1 Å². The minimum absolute atomic E-state index is 0.814. The van der Waals surface area contributed by atoms with Crippen molar-refractivity contribution in [1.29, 1.82) is 0 Å². The van der Waals surface area contributed by atoms with Crippen LogP contribution in [-0.4, -0.2) is 16.9 Å². The standard InChI is InChI=1S/C17H19N3O/c1-20-12-13(10-19-20)9-18-11-14-7-8-17(21-2)16-6-4-3-5-15(14)16/h3-8,10,12,18H,9,11H2,1-2H3. The first-order valence-corrected chi connectivity index (χ1v) is 7.01. The molecule has 1 N–H and O–H groups in total. The summed E-state index contributed by atoms with van der Waals surface area (Å²) in [6, 6.07) is 12.5. The maximum Gasteiger partial charge on any atom is 0.126 e. The summed E-state index contributed by atoms with van der Waals surface area (Å²) in [5, 5.41) is 10.0. The van der Waals surface area contributed by atoms with Gasteiger partial charge in [0.2, 0.25) is 0 Å². The van der Waals surface area contributed by atoms with E-state index < -0.39 is 0 Å². The molecule has 0 aliphatic rings. The number of benzene rings is 2. The van der Waals surface area contributed by atoms with E-state index >= 15 is 0 Å². The Morgan fingerprint density at radius 2 is 1.90 bits per heavy atom. The summed E-state index contributed by atoms with van der Waals surface area (Å²) in [5.41, 5.74) is 2.46. The van der Waals surface area contributed by atoms with Crippen LogP contribution in [0.2, 0.25) is 0 Å². The van der Waals surface area contributed by atoms with E-state index in [1.165, 1.54) is 16.5 Å². The molecule has 0 spiro atoms. The number of methoxy groups -OCH3 is 1. The van der Waals surface area contributed by atoms with Crippen molar-refractivity contribution < 1.29 is 4.74 Å². The van der Waals surface area contributed by atoms with Crippen molar-refractivity contribution in [1.82, 2.24) is 15.1 Å². The molecule has 1 heterocycles. The highest BCUT2D eigenvalue weighted by molar-refractivity contribution is 5.91. The second-order valence-electron chi connectivity index (χ2n) is 5.10. The first-order valence-electron chi connectivity index (χ1n) is 7.01. The first kappa shape index (κ1) is 13.6. The zero-order valence-corrected chi connectivity index (χ0v) is 12.3. The predicted molar refractivity (Wildman–Crippen MR) is 84.3 cm³/mol. The molecule has 0 atom stereocenters. The maximum atomic E-state index is 5.43. The predicted octanol–water partition coefficient (Wildman–Crippen LogP) is 2.87. The summed E-state index contributed by atoms with van der Waals surface area (Å²) in [6.45, 7) is 1.63. The number of fused-ring (bicyclic) bond motifs is 1. The summed E-state index contributed by atoms with van der Waals surface area (Å²) >= 11 is 0. The molecule has 3 rings (SSSR count). The molecule has 0 bridgehead atoms. The van der Waals surface area contributed by atoms with Crippen LogP contribution in [0.25, 0.3) is 10.8 Å². The molecule has 108 valence electrons. The highest BCUT2D eigenvalue weighted by atomic mass is 16.5. The van der Waals surface area contributed by atoms with Crippen LogP contribution in [0.4, 0.5) is 0 Å². The Balaban J connectivity index is 1.78. The van der Waals surface area contributed by atoms with E-state index in [1.807, 2.05) is 36.3 Å². The largest absolute Gasteiger partial charge is 0.496 e. The number of aromatic nitrogens is 2. The highest BCUT2D eigenvalue weighted by Gasteiger charge is 2.05. The molecule has 4 nitrogen and oxygen atoms in total. The van der Waals surface area contributed by atoms with E-state index in [-0.39, 0.29) is 0 Å². The molecular weight excluding hydrogens is 262 g/mol. The van der Waals surface area contributed by atoms with Gasteiger partial charge in [-0.05, 0) is 17.0 Å². The summed E-state index contributed by atoms with van der Waals surface area (Å²) in [7, 11) is 3.64. The maximum absolute atomic E-state index is 5.43. The smallest absolute Gasteiger partial charge is 0.126 e. The lowest BCUT2D eigenvalue weighted by molar-refractivity contribution is 0.419. The number of nitrogens with zero attached hydrogens (tertiary/aromatic N) is 2. The topological polar surface area (TPSA) is 39.1 Å². The Morgan fingerprint density at radius 1 is 1.10 bits per heavy atom. The van der Waals surface area contributed by atoms with Crippen LogP contribution in [0.15, 0.2) is 48.8 Å².